The van der Waals surface area contributed by atoms with E-state index < -0.39 is 40.6 Å². The van der Waals surface area contributed by atoms with E-state index in [-0.39, 0.29) is 37.1 Å². The first-order valence-corrected chi connectivity index (χ1v) is 11.6. The number of hydrogen-bond acceptors (Lipinski definition) is 8. The van der Waals surface area contributed by atoms with Crippen LogP contribution in [0.4, 0.5) is 5.69 Å². The lowest BCUT2D eigenvalue weighted by molar-refractivity contribution is -0.145. The third-order valence-electron chi connectivity index (χ3n) is 4.88. The van der Waals surface area contributed by atoms with Gasteiger partial charge in [0, 0.05) is 17.8 Å². The van der Waals surface area contributed by atoms with Crippen molar-refractivity contribution in [1.82, 2.24) is 9.44 Å². The van der Waals surface area contributed by atoms with Crippen molar-refractivity contribution in [2.24, 2.45) is 0 Å². The number of aryl methyl sites for hydroxylation is 1. The SMILES string of the molecule is Cl.Nc1ccc2c(c1)CCCOc1c(CNS(=O)(=O)NC(CC(=O)O)C(=O)O)cccc1OC2=O. The molecule has 1 aliphatic rings. The second kappa shape index (κ2) is 11.8. The zero-order chi connectivity index (χ0) is 24.9. The van der Waals surface area contributed by atoms with E-state index in [1.807, 2.05) is 0 Å². The van der Waals surface area contributed by atoms with Gasteiger partial charge in [-0.15, -0.1) is 12.4 Å². The van der Waals surface area contributed by atoms with Crippen LogP contribution < -0.4 is 24.7 Å². The molecule has 0 fully saturated rings. The fourth-order valence-corrected chi connectivity index (χ4v) is 4.30. The first-order valence-electron chi connectivity index (χ1n) is 10.1. The Morgan fingerprint density at radius 2 is 1.91 bits per heavy atom. The molecule has 2 aromatic carbocycles. The molecule has 12 nitrogen and oxygen atoms in total. The van der Waals surface area contributed by atoms with E-state index in [4.69, 9.17) is 25.4 Å². The summed E-state index contributed by atoms with van der Waals surface area (Å²) in [7, 11) is -4.40. The minimum atomic E-state index is -4.40. The van der Waals surface area contributed by atoms with E-state index in [2.05, 4.69) is 4.72 Å². The summed E-state index contributed by atoms with van der Waals surface area (Å²) < 4.78 is 39.8. The molecular formula is C21H24ClN3O9S. The van der Waals surface area contributed by atoms with Crippen LogP contribution in [-0.4, -0.2) is 49.2 Å². The number of halogens is 1. The molecule has 0 saturated carbocycles. The van der Waals surface area contributed by atoms with Gasteiger partial charge in [0.2, 0.25) is 0 Å². The number of anilines is 1. The van der Waals surface area contributed by atoms with Crippen molar-refractivity contribution in [3.63, 3.8) is 0 Å². The first-order chi connectivity index (χ1) is 16.1. The minimum absolute atomic E-state index is 0. The van der Waals surface area contributed by atoms with Gasteiger partial charge in [0.05, 0.1) is 18.6 Å². The summed E-state index contributed by atoms with van der Waals surface area (Å²) in [5.41, 5.74) is 7.73. The number of carboxylic acid groups (broad SMARTS) is 2. The molecule has 0 radical (unpaired) electrons. The molecule has 0 saturated heterocycles. The molecule has 3 rings (SSSR count). The number of rotatable bonds is 8. The van der Waals surface area contributed by atoms with Crippen LogP contribution in [0.1, 0.15) is 34.3 Å². The number of carbonyl (C=O) groups is 3. The fraction of sp³-hybridized carbons (Fsp3) is 0.286. The fourth-order valence-electron chi connectivity index (χ4n) is 3.31. The number of esters is 1. The highest BCUT2D eigenvalue weighted by Crippen LogP contribution is 2.33. The average molecular weight is 530 g/mol. The van der Waals surface area contributed by atoms with Gasteiger partial charge in [-0.25, -0.2) is 4.79 Å². The second-order valence-corrected chi connectivity index (χ2v) is 8.96. The topological polar surface area (TPSA) is 194 Å². The van der Waals surface area contributed by atoms with Crippen LogP contribution in [0.5, 0.6) is 11.5 Å². The standard InChI is InChI=1S/C21H23N3O9S.ClH/c22-14-6-7-15-12(9-14)4-2-8-32-19-13(3-1-5-17(19)33-21(15)29)11-23-34(30,31)24-16(20(27)28)10-18(25)26;/h1,3,5-7,9,16,23-24H,2,4,8,10-11,22H2,(H,25,26)(H,27,28);1H. The Kier molecular flexibility index (Phi) is 9.42. The Balaban J connectivity index is 0.00000432. The number of para-hydroxylation sites is 1. The predicted octanol–water partition coefficient (Wildman–Crippen LogP) is 1.09. The van der Waals surface area contributed by atoms with E-state index in [0.29, 0.717) is 29.7 Å². The molecule has 0 amide bonds. The third kappa shape index (κ3) is 7.55. The summed E-state index contributed by atoms with van der Waals surface area (Å²) in [5, 5.41) is 17.8. The molecule has 6 N–H and O–H groups in total. The maximum atomic E-state index is 12.8. The summed E-state index contributed by atoms with van der Waals surface area (Å²) >= 11 is 0. The number of fused-ring (bicyclic) bond motifs is 2. The maximum absolute atomic E-state index is 12.8. The van der Waals surface area contributed by atoms with Crippen LogP contribution >= 0.6 is 12.4 Å². The predicted molar refractivity (Wildman–Crippen MR) is 126 cm³/mol. The van der Waals surface area contributed by atoms with Gasteiger partial charge in [-0.1, -0.05) is 12.1 Å². The number of hydrogen-bond donors (Lipinski definition) is 5. The lowest BCUT2D eigenvalue weighted by Crippen LogP contribution is -2.47. The second-order valence-electron chi connectivity index (χ2n) is 7.43. The van der Waals surface area contributed by atoms with Crippen molar-refractivity contribution in [3.8, 4) is 11.5 Å². The van der Waals surface area contributed by atoms with E-state index in [1.54, 1.807) is 29.0 Å². The zero-order valence-electron chi connectivity index (χ0n) is 18.2. The van der Waals surface area contributed by atoms with Gasteiger partial charge in [0.15, 0.2) is 11.5 Å². The molecule has 14 heteroatoms. The molecular weight excluding hydrogens is 506 g/mol. The smallest absolute Gasteiger partial charge is 0.343 e. The quantitative estimate of drug-likeness (QED) is 0.187. The van der Waals surface area contributed by atoms with E-state index in [1.165, 1.54) is 12.1 Å². The zero-order valence-corrected chi connectivity index (χ0v) is 19.9. The third-order valence-corrected chi connectivity index (χ3v) is 6.00. The van der Waals surface area contributed by atoms with Crippen molar-refractivity contribution in [3.05, 3.63) is 53.1 Å². The molecule has 0 bridgehead atoms. The Morgan fingerprint density at radius 1 is 1.17 bits per heavy atom. The van der Waals surface area contributed by atoms with Crippen LogP contribution in [0, 0.1) is 0 Å². The lowest BCUT2D eigenvalue weighted by atomic mass is 10.0. The lowest BCUT2D eigenvalue weighted by Gasteiger charge is -2.19. The monoisotopic (exact) mass is 529 g/mol. The number of carbonyl (C=O) groups excluding carboxylic acids is 1. The summed E-state index contributed by atoms with van der Waals surface area (Å²) in [6.07, 6.45) is 0.104. The highest BCUT2D eigenvalue weighted by molar-refractivity contribution is 7.87. The summed E-state index contributed by atoms with van der Waals surface area (Å²) in [5.74, 6) is -3.52. The number of aliphatic carboxylic acids is 2. The van der Waals surface area contributed by atoms with E-state index in [9.17, 15) is 22.8 Å². The molecule has 190 valence electrons. The molecule has 0 aliphatic carbocycles. The molecule has 1 aliphatic heterocycles. The summed E-state index contributed by atoms with van der Waals surface area (Å²) in [6.45, 7) is -0.108. The normalized spacial score (nSPS) is 14.2. The minimum Gasteiger partial charge on any atom is -0.489 e. The molecule has 35 heavy (non-hydrogen) atoms. The van der Waals surface area contributed by atoms with Crippen molar-refractivity contribution in [2.75, 3.05) is 12.3 Å². The van der Waals surface area contributed by atoms with Gasteiger partial charge in [-0.05, 0) is 42.7 Å². The van der Waals surface area contributed by atoms with Gasteiger partial charge < -0.3 is 25.4 Å². The number of ether oxygens (including phenoxy) is 2. The largest absolute Gasteiger partial charge is 0.489 e. The van der Waals surface area contributed by atoms with Crippen LogP contribution in [0.15, 0.2) is 36.4 Å². The number of nitrogens with two attached hydrogens (primary N) is 1. The number of benzene rings is 2. The molecule has 0 spiro atoms. The number of nitrogens with one attached hydrogen (secondary N) is 2. The molecule has 1 heterocycles. The van der Waals surface area contributed by atoms with Gasteiger partial charge in [0.1, 0.15) is 6.04 Å². The Morgan fingerprint density at radius 3 is 2.60 bits per heavy atom. The van der Waals surface area contributed by atoms with Crippen molar-refractivity contribution in [2.45, 2.75) is 31.8 Å². The van der Waals surface area contributed by atoms with E-state index in [0.717, 1.165) is 5.56 Å². The van der Waals surface area contributed by atoms with Crippen molar-refractivity contribution < 1.29 is 42.5 Å². The summed E-state index contributed by atoms with van der Waals surface area (Å²) in [6, 6.07) is 7.59. The Bertz CT molecular complexity index is 1220. The number of carboxylic acids is 2. The van der Waals surface area contributed by atoms with Gasteiger partial charge in [-0.3, -0.25) is 9.59 Å². The first kappa shape index (κ1) is 27.9. The van der Waals surface area contributed by atoms with Crippen LogP contribution in [0.3, 0.4) is 0 Å². The molecule has 1 unspecified atom stereocenters. The average Bonchev–Trinajstić information content (AvgIpc) is 2.75. The molecule has 1 atom stereocenters. The Hall–Kier alpha value is -3.39. The van der Waals surface area contributed by atoms with Crippen LogP contribution in [-0.2, 0) is 32.8 Å². The molecule has 2 aromatic rings. The maximum Gasteiger partial charge on any atom is 0.343 e. The van der Waals surface area contributed by atoms with Crippen LogP contribution in [0.25, 0.3) is 0 Å². The van der Waals surface area contributed by atoms with Gasteiger partial charge in [0.25, 0.3) is 10.2 Å². The van der Waals surface area contributed by atoms with E-state index >= 15 is 0 Å². The van der Waals surface area contributed by atoms with Crippen LogP contribution in [0.2, 0.25) is 0 Å². The Labute approximate surface area is 207 Å². The highest BCUT2D eigenvalue weighted by atomic mass is 35.5. The van der Waals surface area contributed by atoms with Gasteiger partial charge >= 0.3 is 17.9 Å². The van der Waals surface area contributed by atoms with Gasteiger partial charge in [-0.2, -0.15) is 17.9 Å². The highest BCUT2D eigenvalue weighted by Gasteiger charge is 2.27. The van der Waals surface area contributed by atoms with Crippen molar-refractivity contribution >= 4 is 46.2 Å². The molecule has 0 aromatic heterocycles. The number of nitrogen functional groups attached to an aromatic ring is 1. The van der Waals surface area contributed by atoms with Crippen molar-refractivity contribution in [1.29, 1.82) is 0 Å². The summed E-state index contributed by atoms with van der Waals surface area (Å²) in [4.78, 5) is 34.7.